The molecule has 0 unspecified atom stereocenters. The van der Waals surface area contributed by atoms with Crippen molar-refractivity contribution < 1.29 is 0 Å². The number of aromatic nitrogens is 2. The summed E-state index contributed by atoms with van der Waals surface area (Å²) < 4.78 is 2.24. The first-order chi connectivity index (χ1) is 13.8. The second kappa shape index (κ2) is 6.82. The van der Waals surface area contributed by atoms with Gasteiger partial charge < -0.3 is 0 Å². The van der Waals surface area contributed by atoms with E-state index in [-0.39, 0.29) is 0 Å². The maximum atomic E-state index is 4.99. The average molecular weight is 360 g/mol. The van der Waals surface area contributed by atoms with Crippen LogP contribution in [-0.4, -0.2) is 9.55 Å². The second-order valence-electron chi connectivity index (χ2n) is 6.99. The molecule has 0 spiro atoms. The van der Waals surface area contributed by atoms with E-state index in [1.54, 1.807) is 0 Å². The zero-order valence-corrected chi connectivity index (χ0v) is 15.7. The van der Waals surface area contributed by atoms with E-state index in [0.717, 1.165) is 28.1 Å². The predicted octanol–water partition coefficient (Wildman–Crippen LogP) is 6.67. The summed E-state index contributed by atoms with van der Waals surface area (Å²) in [6.45, 7) is 2.16. The van der Waals surface area contributed by atoms with E-state index in [9.17, 15) is 0 Å². The van der Waals surface area contributed by atoms with E-state index in [1.165, 1.54) is 16.7 Å². The number of nitrogens with zero attached hydrogens (tertiary/aromatic N) is 2. The van der Waals surface area contributed by atoms with Crippen molar-refractivity contribution in [1.82, 2.24) is 9.55 Å². The van der Waals surface area contributed by atoms with Gasteiger partial charge in [0.25, 0.3) is 0 Å². The normalized spacial score (nSPS) is 11.0. The predicted molar refractivity (Wildman–Crippen MR) is 117 cm³/mol. The van der Waals surface area contributed by atoms with Gasteiger partial charge in [-0.05, 0) is 53.9 Å². The summed E-state index contributed by atoms with van der Waals surface area (Å²) in [5.74, 6) is 0.963. The molecule has 0 radical (unpaired) electrons. The number of aryl methyl sites for hydroxylation is 1. The minimum Gasteiger partial charge on any atom is -0.292 e. The summed E-state index contributed by atoms with van der Waals surface area (Å²) in [6.07, 6.45) is 0. The Morgan fingerprint density at radius 2 is 1.32 bits per heavy atom. The zero-order valence-electron chi connectivity index (χ0n) is 15.7. The number of rotatable bonds is 3. The molecule has 1 heterocycles. The molecule has 28 heavy (non-hydrogen) atoms. The van der Waals surface area contributed by atoms with Crippen LogP contribution >= 0.6 is 0 Å². The largest absolute Gasteiger partial charge is 0.292 e. The molecule has 0 N–H and O–H groups in total. The molecule has 0 fully saturated rings. The zero-order chi connectivity index (χ0) is 18.9. The van der Waals surface area contributed by atoms with Crippen molar-refractivity contribution in [2.75, 3.05) is 0 Å². The third-order valence-electron chi connectivity index (χ3n) is 5.16. The molecule has 0 bridgehead atoms. The smallest absolute Gasteiger partial charge is 0.145 e. The van der Waals surface area contributed by atoms with Crippen LogP contribution in [-0.2, 0) is 0 Å². The Morgan fingerprint density at radius 3 is 2.11 bits per heavy atom. The highest BCUT2D eigenvalue weighted by Gasteiger charge is 2.15. The van der Waals surface area contributed by atoms with Gasteiger partial charge >= 0.3 is 0 Å². The third-order valence-corrected chi connectivity index (χ3v) is 5.16. The van der Waals surface area contributed by atoms with Crippen molar-refractivity contribution >= 4 is 11.0 Å². The van der Waals surface area contributed by atoms with E-state index >= 15 is 0 Å². The molecule has 4 aromatic carbocycles. The van der Waals surface area contributed by atoms with Crippen LogP contribution in [0.3, 0.4) is 0 Å². The number of imidazole rings is 1. The van der Waals surface area contributed by atoms with Crippen molar-refractivity contribution in [3.8, 4) is 28.2 Å². The van der Waals surface area contributed by atoms with Gasteiger partial charge in [0.2, 0.25) is 0 Å². The molecule has 5 aromatic rings. The Hall–Kier alpha value is -3.65. The molecule has 0 aliphatic rings. The summed E-state index contributed by atoms with van der Waals surface area (Å²) in [5.41, 5.74) is 8.08. The van der Waals surface area contributed by atoms with Gasteiger partial charge in [-0.25, -0.2) is 4.98 Å². The number of benzene rings is 4. The summed E-state index contributed by atoms with van der Waals surface area (Å²) in [7, 11) is 0. The molecule has 1 aromatic heterocycles. The molecule has 0 saturated carbocycles. The molecular weight excluding hydrogens is 340 g/mol. The Balaban J connectivity index is 1.77. The van der Waals surface area contributed by atoms with Crippen LogP contribution in [0.5, 0.6) is 0 Å². The lowest BCUT2D eigenvalue weighted by atomic mass is 9.98. The van der Waals surface area contributed by atoms with Crippen LogP contribution in [0.4, 0.5) is 0 Å². The van der Waals surface area contributed by atoms with Crippen LogP contribution in [0.2, 0.25) is 0 Å². The second-order valence-corrected chi connectivity index (χ2v) is 6.99. The van der Waals surface area contributed by atoms with Gasteiger partial charge in [0.05, 0.1) is 11.0 Å². The van der Waals surface area contributed by atoms with Gasteiger partial charge in [-0.2, -0.15) is 0 Å². The summed E-state index contributed by atoms with van der Waals surface area (Å²) in [4.78, 5) is 4.99. The van der Waals surface area contributed by atoms with Crippen molar-refractivity contribution in [1.29, 1.82) is 0 Å². The van der Waals surface area contributed by atoms with Crippen LogP contribution in [0.15, 0.2) is 103 Å². The van der Waals surface area contributed by atoms with Crippen LogP contribution < -0.4 is 0 Å². The lowest BCUT2D eigenvalue weighted by Crippen LogP contribution is -1.97. The Kier molecular flexibility index (Phi) is 4.02. The van der Waals surface area contributed by atoms with Gasteiger partial charge in [0.1, 0.15) is 5.82 Å². The number of hydrogen-bond donors (Lipinski definition) is 0. The van der Waals surface area contributed by atoms with E-state index in [4.69, 9.17) is 4.98 Å². The fourth-order valence-electron chi connectivity index (χ4n) is 3.75. The highest BCUT2D eigenvalue weighted by molar-refractivity contribution is 5.84. The van der Waals surface area contributed by atoms with Gasteiger partial charge in [-0.3, -0.25) is 4.57 Å². The SMILES string of the molecule is Cc1ccc(-c2nc3ccccc3n2-c2ccccc2)cc1-c1ccccc1. The van der Waals surface area contributed by atoms with Gasteiger partial charge in [0.15, 0.2) is 0 Å². The van der Waals surface area contributed by atoms with Crippen LogP contribution in [0, 0.1) is 6.92 Å². The molecule has 0 saturated heterocycles. The first-order valence-electron chi connectivity index (χ1n) is 9.50. The fraction of sp³-hybridized carbons (Fsp3) is 0.0385. The lowest BCUT2D eigenvalue weighted by molar-refractivity contribution is 1.10. The molecule has 0 atom stereocenters. The number of hydrogen-bond acceptors (Lipinski definition) is 1. The van der Waals surface area contributed by atoms with Crippen molar-refractivity contribution in [2.24, 2.45) is 0 Å². The summed E-state index contributed by atoms with van der Waals surface area (Å²) in [5, 5.41) is 0. The average Bonchev–Trinajstić information content (AvgIpc) is 3.15. The van der Waals surface area contributed by atoms with Crippen LogP contribution in [0.1, 0.15) is 5.56 Å². The van der Waals surface area contributed by atoms with E-state index in [2.05, 4.69) is 102 Å². The molecule has 2 heteroatoms. The van der Waals surface area contributed by atoms with Crippen molar-refractivity contribution in [3.63, 3.8) is 0 Å². The number of fused-ring (bicyclic) bond motifs is 1. The van der Waals surface area contributed by atoms with Crippen LogP contribution in [0.25, 0.3) is 39.2 Å². The maximum Gasteiger partial charge on any atom is 0.145 e. The highest BCUT2D eigenvalue weighted by Crippen LogP contribution is 2.32. The highest BCUT2D eigenvalue weighted by atomic mass is 15.1. The first kappa shape index (κ1) is 16.5. The van der Waals surface area contributed by atoms with Gasteiger partial charge in [0, 0.05) is 11.3 Å². The Bertz CT molecular complexity index is 1250. The molecule has 2 nitrogen and oxygen atoms in total. The summed E-state index contributed by atoms with van der Waals surface area (Å²) >= 11 is 0. The van der Waals surface area contributed by atoms with Gasteiger partial charge in [-0.15, -0.1) is 0 Å². The molecule has 0 aliphatic carbocycles. The maximum absolute atomic E-state index is 4.99. The van der Waals surface area contributed by atoms with E-state index in [0.29, 0.717) is 0 Å². The standard InChI is InChI=1S/C26H20N2/c1-19-16-17-21(18-23(19)20-10-4-2-5-11-20)26-27-24-14-8-9-15-25(24)28(26)22-12-6-3-7-13-22/h2-18H,1H3. The Labute approximate surface area is 164 Å². The number of para-hydroxylation sites is 3. The van der Waals surface area contributed by atoms with Crippen molar-refractivity contribution in [2.45, 2.75) is 6.92 Å². The monoisotopic (exact) mass is 360 g/mol. The Morgan fingerprint density at radius 1 is 0.643 bits per heavy atom. The van der Waals surface area contributed by atoms with E-state index in [1.807, 2.05) is 12.1 Å². The molecule has 134 valence electrons. The quantitative estimate of drug-likeness (QED) is 0.351. The first-order valence-corrected chi connectivity index (χ1v) is 9.50. The molecule has 0 aliphatic heterocycles. The fourth-order valence-corrected chi connectivity index (χ4v) is 3.75. The molecule has 0 amide bonds. The van der Waals surface area contributed by atoms with Crippen molar-refractivity contribution in [3.05, 3.63) is 109 Å². The third kappa shape index (κ3) is 2.80. The molecular formula is C26H20N2. The van der Waals surface area contributed by atoms with Gasteiger partial charge in [-0.1, -0.05) is 72.8 Å². The van der Waals surface area contributed by atoms with E-state index < -0.39 is 0 Å². The molecule has 5 rings (SSSR count). The minimum atomic E-state index is 0.963. The minimum absolute atomic E-state index is 0.963. The topological polar surface area (TPSA) is 17.8 Å². The summed E-state index contributed by atoms with van der Waals surface area (Å²) in [6, 6.07) is 35.9. The lowest BCUT2D eigenvalue weighted by Gasteiger charge is -2.12.